The summed E-state index contributed by atoms with van der Waals surface area (Å²) in [4.78, 5) is 10.4. The van der Waals surface area contributed by atoms with E-state index in [4.69, 9.17) is 15.1 Å². The molecule has 4 nitrogen and oxygen atoms in total. The van der Waals surface area contributed by atoms with Gasteiger partial charge in [0, 0.05) is 12.5 Å². The normalized spacial score (nSPS) is 23.6. The molecule has 1 aliphatic heterocycles. The fourth-order valence-electron chi connectivity index (χ4n) is 1.08. The van der Waals surface area contributed by atoms with Crippen LogP contribution >= 0.6 is 0 Å². The highest BCUT2D eigenvalue weighted by Gasteiger charge is 2.16. The van der Waals surface area contributed by atoms with Crippen LogP contribution in [0.15, 0.2) is 11.6 Å². The van der Waals surface area contributed by atoms with Crippen molar-refractivity contribution in [3.8, 4) is 6.07 Å². The molecular weight excluding hydrogens is 158 g/mol. The molecule has 1 fully saturated rings. The second-order valence-corrected chi connectivity index (χ2v) is 2.62. The summed E-state index contributed by atoms with van der Waals surface area (Å²) in [5.74, 6) is -1.07. The molecule has 4 heteroatoms. The predicted octanol–water partition coefficient (Wildman–Crippen LogP) is 0.557. The van der Waals surface area contributed by atoms with Crippen LogP contribution in [0.4, 0.5) is 0 Å². The van der Waals surface area contributed by atoms with Crippen molar-refractivity contribution in [3.05, 3.63) is 11.6 Å². The molecule has 0 radical (unpaired) electrons. The lowest BCUT2D eigenvalue weighted by molar-refractivity contribution is -0.132. The van der Waals surface area contributed by atoms with Gasteiger partial charge in [0.1, 0.15) is 11.6 Å². The lowest BCUT2D eigenvalue weighted by Gasteiger charge is -1.98. The molecule has 0 aliphatic carbocycles. The number of aliphatic carboxylic acids is 1. The first-order valence-corrected chi connectivity index (χ1v) is 3.67. The van der Waals surface area contributed by atoms with Crippen molar-refractivity contribution in [2.75, 3.05) is 13.2 Å². The smallest absolute Gasteiger partial charge is 0.346 e. The van der Waals surface area contributed by atoms with E-state index in [9.17, 15) is 4.79 Å². The average molecular weight is 167 g/mol. The van der Waals surface area contributed by atoms with E-state index in [2.05, 4.69) is 0 Å². The molecule has 0 spiro atoms. The largest absolute Gasteiger partial charge is 0.477 e. The summed E-state index contributed by atoms with van der Waals surface area (Å²) >= 11 is 0. The highest BCUT2D eigenvalue weighted by atomic mass is 16.5. The van der Waals surface area contributed by atoms with Crippen molar-refractivity contribution >= 4 is 5.97 Å². The third kappa shape index (κ3) is 2.07. The molecular formula is C8H9NO3. The van der Waals surface area contributed by atoms with E-state index in [0.29, 0.717) is 13.2 Å². The Bertz CT molecular complexity index is 246. The molecule has 1 rings (SSSR count). The second-order valence-electron chi connectivity index (χ2n) is 2.62. The fraction of sp³-hybridized carbons (Fsp3) is 0.500. The van der Waals surface area contributed by atoms with E-state index in [0.717, 1.165) is 6.42 Å². The lowest BCUT2D eigenvalue weighted by atomic mass is 10.1. The molecule has 0 aromatic carbocycles. The zero-order chi connectivity index (χ0) is 8.97. The molecule has 1 heterocycles. The topological polar surface area (TPSA) is 70.3 Å². The van der Waals surface area contributed by atoms with Crippen molar-refractivity contribution < 1.29 is 14.6 Å². The van der Waals surface area contributed by atoms with Crippen LogP contribution in [0.5, 0.6) is 0 Å². The molecule has 1 atom stereocenters. The number of nitriles is 1. The molecule has 64 valence electrons. The van der Waals surface area contributed by atoms with Crippen LogP contribution in [-0.2, 0) is 9.53 Å². The Morgan fingerprint density at radius 2 is 2.50 bits per heavy atom. The summed E-state index contributed by atoms with van der Waals surface area (Å²) in [5, 5.41) is 16.9. The Hall–Kier alpha value is -1.34. The van der Waals surface area contributed by atoms with Gasteiger partial charge < -0.3 is 9.84 Å². The van der Waals surface area contributed by atoms with Crippen molar-refractivity contribution in [1.82, 2.24) is 0 Å². The van der Waals surface area contributed by atoms with Gasteiger partial charge in [-0.1, -0.05) is 6.08 Å². The van der Waals surface area contributed by atoms with Crippen LogP contribution < -0.4 is 0 Å². The zero-order valence-electron chi connectivity index (χ0n) is 6.49. The average Bonchev–Trinajstić information content (AvgIpc) is 2.51. The summed E-state index contributed by atoms with van der Waals surface area (Å²) in [6.07, 6.45) is 2.27. The molecule has 12 heavy (non-hydrogen) atoms. The molecule has 1 aliphatic rings. The Kier molecular flexibility index (Phi) is 2.83. The number of carboxylic acids is 1. The van der Waals surface area contributed by atoms with Gasteiger partial charge in [-0.15, -0.1) is 0 Å². The van der Waals surface area contributed by atoms with E-state index in [1.165, 1.54) is 6.08 Å². The van der Waals surface area contributed by atoms with Crippen LogP contribution in [0.3, 0.4) is 0 Å². The van der Waals surface area contributed by atoms with Gasteiger partial charge in [0.15, 0.2) is 0 Å². The Labute approximate surface area is 70.1 Å². The van der Waals surface area contributed by atoms with Crippen LogP contribution in [0.1, 0.15) is 6.42 Å². The van der Waals surface area contributed by atoms with Crippen molar-refractivity contribution in [1.29, 1.82) is 5.26 Å². The minimum absolute atomic E-state index is 0.0933. The van der Waals surface area contributed by atoms with Crippen LogP contribution in [-0.4, -0.2) is 24.3 Å². The minimum atomic E-state index is -1.16. The van der Waals surface area contributed by atoms with Gasteiger partial charge in [-0.3, -0.25) is 0 Å². The fourth-order valence-corrected chi connectivity index (χ4v) is 1.08. The van der Waals surface area contributed by atoms with Gasteiger partial charge in [-0.2, -0.15) is 5.26 Å². The number of nitrogens with zero attached hydrogens (tertiary/aromatic N) is 1. The van der Waals surface area contributed by atoms with E-state index >= 15 is 0 Å². The van der Waals surface area contributed by atoms with Crippen LogP contribution in [0, 0.1) is 17.2 Å². The van der Waals surface area contributed by atoms with E-state index in [-0.39, 0.29) is 11.5 Å². The van der Waals surface area contributed by atoms with Crippen molar-refractivity contribution in [3.63, 3.8) is 0 Å². The Morgan fingerprint density at radius 3 is 2.92 bits per heavy atom. The standard InChI is InChI=1S/C8H9NO3/c9-4-7(8(10)11)3-6-1-2-12-5-6/h3,6H,1-2,5H2,(H,10,11)/b7-3-. The van der Waals surface area contributed by atoms with E-state index in [1.54, 1.807) is 6.07 Å². The number of hydrogen-bond acceptors (Lipinski definition) is 3. The highest BCUT2D eigenvalue weighted by Crippen LogP contribution is 2.15. The maximum Gasteiger partial charge on any atom is 0.346 e. The molecule has 0 amide bonds. The number of carbonyl (C=O) groups is 1. The Balaban J connectivity index is 2.64. The monoisotopic (exact) mass is 167 g/mol. The SMILES string of the molecule is N#C/C(=C/C1CCOC1)C(=O)O. The van der Waals surface area contributed by atoms with Crippen molar-refractivity contribution in [2.45, 2.75) is 6.42 Å². The van der Waals surface area contributed by atoms with Crippen LogP contribution in [0.25, 0.3) is 0 Å². The number of carboxylic acid groups (broad SMARTS) is 1. The van der Waals surface area contributed by atoms with Gasteiger partial charge in [0.05, 0.1) is 6.61 Å². The van der Waals surface area contributed by atoms with E-state index in [1.807, 2.05) is 0 Å². The van der Waals surface area contributed by atoms with E-state index < -0.39 is 5.97 Å². The molecule has 0 bridgehead atoms. The number of rotatable bonds is 2. The Morgan fingerprint density at radius 1 is 1.75 bits per heavy atom. The molecule has 1 N–H and O–H groups in total. The highest BCUT2D eigenvalue weighted by molar-refractivity contribution is 5.90. The van der Waals surface area contributed by atoms with Gasteiger partial charge in [0.2, 0.25) is 0 Å². The van der Waals surface area contributed by atoms with Crippen molar-refractivity contribution in [2.24, 2.45) is 5.92 Å². The predicted molar refractivity (Wildman–Crippen MR) is 40.3 cm³/mol. The number of hydrogen-bond donors (Lipinski definition) is 1. The third-order valence-electron chi connectivity index (χ3n) is 1.72. The van der Waals surface area contributed by atoms with Gasteiger partial charge in [-0.05, 0) is 6.42 Å². The van der Waals surface area contributed by atoms with Gasteiger partial charge >= 0.3 is 5.97 Å². The first-order chi connectivity index (χ1) is 5.74. The zero-order valence-corrected chi connectivity index (χ0v) is 6.49. The molecule has 0 saturated carbocycles. The molecule has 0 aromatic rings. The molecule has 1 saturated heterocycles. The van der Waals surface area contributed by atoms with Gasteiger partial charge in [-0.25, -0.2) is 4.79 Å². The summed E-state index contributed by atoms with van der Waals surface area (Å²) < 4.78 is 5.04. The maximum absolute atomic E-state index is 10.4. The summed E-state index contributed by atoms with van der Waals surface area (Å²) in [6, 6.07) is 1.63. The molecule has 0 aromatic heterocycles. The third-order valence-corrected chi connectivity index (χ3v) is 1.72. The summed E-state index contributed by atoms with van der Waals surface area (Å²) in [5.41, 5.74) is -0.189. The summed E-state index contributed by atoms with van der Waals surface area (Å²) in [6.45, 7) is 1.18. The second kappa shape index (κ2) is 3.88. The minimum Gasteiger partial charge on any atom is -0.477 e. The first kappa shape index (κ1) is 8.75. The number of ether oxygens (including phenoxy) is 1. The van der Waals surface area contributed by atoms with Crippen LogP contribution in [0.2, 0.25) is 0 Å². The lowest BCUT2D eigenvalue weighted by Crippen LogP contribution is -2.03. The van der Waals surface area contributed by atoms with Gasteiger partial charge in [0.25, 0.3) is 0 Å². The first-order valence-electron chi connectivity index (χ1n) is 3.67. The maximum atomic E-state index is 10.4. The summed E-state index contributed by atoms with van der Waals surface area (Å²) in [7, 11) is 0. The molecule has 1 unspecified atom stereocenters. The quantitative estimate of drug-likeness (QED) is 0.481.